The highest BCUT2D eigenvalue weighted by Gasteiger charge is 2.20. The molecule has 0 fully saturated rings. The van der Waals surface area contributed by atoms with E-state index in [0.29, 0.717) is 5.84 Å². The van der Waals surface area contributed by atoms with Crippen LogP contribution in [0.2, 0.25) is 0 Å². The molecule has 0 saturated heterocycles. The number of hydrogen-bond donors (Lipinski definition) is 3. The summed E-state index contributed by atoms with van der Waals surface area (Å²) in [7, 11) is 0. The van der Waals surface area contributed by atoms with Crippen molar-refractivity contribution in [3.05, 3.63) is 0 Å². The molecule has 4 N–H and O–H groups in total. The van der Waals surface area contributed by atoms with E-state index in [0.717, 1.165) is 0 Å². The van der Waals surface area contributed by atoms with Crippen LogP contribution in [0.1, 0.15) is 19.8 Å². The van der Waals surface area contributed by atoms with Crippen LogP contribution in [0.15, 0.2) is 4.99 Å². The van der Waals surface area contributed by atoms with E-state index in [1.165, 1.54) is 0 Å². The van der Waals surface area contributed by atoms with Gasteiger partial charge in [-0.3, -0.25) is 14.6 Å². The van der Waals surface area contributed by atoms with Crippen molar-refractivity contribution in [1.29, 1.82) is 0 Å². The van der Waals surface area contributed by atoms with Gasteiger partial charge < -0.3 is 15.9 Å². The fourth-order valence-corrected chi connectivity index (χ4v) is 0.920. The highest BCUT2D eigenvalue weighted by atomic mass is 16.4. The maximum Gasteiger partial charge on any atom is 0.307 e. The Morgan fingerprint density at radius 1 is 1.43 bits per heavy atom. The Hall–Kier alpha value is -1.59. The Morgan fingerprint density at radius 3 is 2.36 bits per heavy atom. The first-order valence-electron chi connectivity index (χ1n) is 4.14. The van der Waals surface area contributed by atoms with Crippen molar-refractivity contribution >= 4 is 17.8 Å². The lowest BCUT2D eigenvalue weighted by molar-refractivity contribution is -0.148. The van der Waals surface area contributed by atoms with E-state index >= 15 is 0 Å². The van der Waals surface area contributed by atoms with Gasteiger partial charge in [-0.15, -0.1) is 0 Å². The normalized spacial score (nSPS) is 13.6. The molecule has 0 aromatic carbocycles. The van der Waals surface area contributed by atoms with Gasteiger partial charge in [-0.05, 0) is 13.3 Å². The number of amidine groups is 1. The summed E-state index contributed by atoms with van der Waals surface area (Å²) < 4.78 is 0. The standard InChI is InChI=1S/C8H14N2O4/c1-5(9)10-3-2-6(8(13)14)4-7(11)12/h6H,2-4H2,1H3,(H2,9,10)(H,11,12)(H,13,14)/t6-/m0/s1. The molecular weight excluding hydrogens is 188 g/mol. The van der Waals surface area contributed by atoms with E-state index in [1.54, 1.807) is 6.92 Å². The first-order valence-corrected chi connectivity index (χ1v) is 4.14. The van der Waals surface area contributed by atoms with Gasteiger partial charge in [0, 0.05) is 6.54 Å². The van der Waals surface area contributed by atoms with Crippen molar-refractivity contribution in [3.8, 4) is 0 Å². The van der Waals surface area contributed by atoms with Gasteiger partial charge in [-0.25, -0.2) is 0 Å². The zero-order valence-electron chi connectivity index (χ0n) is 7.93. The number of aliphatic imine (C=N–C) groups is 1. The van der Waals surface area contributed by atoms with Crippen LogP contribution in [0, 0.1) is 5.92 Å². The monoisotopic (exact) mass is 202 g/mol. The predicted molar refractivity (Wildman–Crippen MR) is 50.2 cm³/mol. The smallest absolute Gasteiger partial charge is 0.307 e. The lowest BCUT2D eigenvalue weighted by Crippen LogP contribution is -2.19. The second-order valence-electron chi connectivity index (χ2n) is 2.94. The third-order valence-electron chi connectivity index (χ3n) is 1.61. The minimum atomic E-state index is -1.12. The first kappa shape index (κ1) is 12.4. The molecule has 0 saturated carbocycles. The first-order chi connectivity index (χ1) is 6.43. The summed E-state index contributed by atoms with van der Waals surface area (Å²) in [4.78, 5) is 24.6. The van der Waals surface area contributed by atoms with Crippen molar-refractivity contribution in [2.45, 2.75) is 19.8 Å². The van der Waals surface area contributed by atoms with Gasteiger partial charge in [-0.1, -0.05) is 0 Å². The summed E-state index contributed by atoms with van der Waals surface area (Å²) in [6.45, 7) is 1.83. The van der Waals surface area contributed by atoms with Crippen LogP contribution in [-0.4, -0.2) is 34.5 Å². The van der Waals surface area contributed by atoms with E-state index < -0.39 is 17.9 Å². The summed E-state index contributed by atoms with van der Waals surface area (Å²) in [5.74, 6) is -2.76. The van der Waals surface area contributed by atoms with Crippen molar-refractivity contribution in [1.82, 2.24) is 0 Å². The molecule has 0 aromatic heterocycles. The van der Waals surface area contributed by atoms with Gasteiger partial charge in [0.1, 0.15) is 0 Å². The molecule has 0 spiro atoms. The molecule has 1 atom stereocenters. The van der Waals surface area contributed by atoms with Crippen LogP contribution in [0.5, 0.6) is 0 Å². The molecule has 0 heterocycles. The molecule has 80 valence electrons. The number of rotatable bonds is 6. The summed E-state index contributed by atoms with van der Waals surface area (Å²) in [5.41, 5.74) is 5.24. The molecule has 6 heteroatoms. The fraction of sp³-hybridized carbons (Fsp3) is 0.625. The van der Waals surface area contributed by atoms with Crippen molar-refractivity contribution < 1.29 is 19.8 Å². The summed E-state index contributed by atoms with van der Waals surface area (Å²) in [6.07, 6.45) is -0.190. The summed E-state index contributed by atoms with van der Waals surface area (Å²) in [5, 5.41) is 17.1. The van der Waals surface area contributed by atoms with Crippen LogP contribution in [0.25, 0.3) is 0 Å². The van der Waals surface area contributed by atoms with Crippen molar-refractivity contribution in [3.63, 3.8) is 0 Å². The largest absolute Gasteiger partial charge is 0.481 e. The minimum absolute atomic E-state index is 0.191. The molecule has 0 amide bonds. The van der Waals surface area contributed by atoms with E-state index in [4.69, 9.17) is 15.9 Å². The van der Waals surface area contributed by atoms with Gasteiger partial charge in [-0.2, -0.15) is 0 Å². The number of aliphatic carboxylic acids is 2. The van der Waals surface area contributed by atoms with Crippen LogP contribution in [0.3, 0.4) is 0 Å². The van der Waals surface area contributed by atoms with E-state index in [-0.39, 0.29) is 19.4 Å². The third-order valence-corrected chi connectivity index (χ3v) is 1.61. The number of hydrogen-bond acceptors (Lipinski definition) is 3. The van der Waals surface area contributed by atoms with Gasteiger partial charge >= 0.3 is 11.9 Å². The Morgan fingerprint density at radius 2 is 2.00 bits per heavy atom. The van der Waals surface area contributed by atoms with E-state index in [1.807, 2.05) is 0 Å². The molecule has 0 rings (SSSR count). The fourth-order valence-electron chi connectivity index (χ4n) is 0.920. The second-order valence-corrected chi connectivity index (χ2v) is 2.94. The number of carbonyl (C=O) groups is 2. The lowest BCUT2D eigenvalue weighted by atomic mass is 10.0. The summed E-state index contributed by atoms with van der Waals surface area (Å²) >= 11 is 0. The van der Waals surface area contributed by atoms with Crippen LogP contribution < -0.4 is 5.73 Å². The molecule has 0 aliphatic heterocycles. The third kappa shape index (κ3) is 5.99. The quantitative estimate of drug-likeness (QED) is 0.412. The molecule has 0 aliphatic carbocycles. The maximum atomic E-state index is 10.6. The van der Waals surface area contributed by atoms with Crippen LogP contribution in [0.4, 0.5) is 0 Å². The minimum Gasteiger partial charge on any atom is -0.481 e. The molecular formula is C8H14N2O4. The average molecular weight is 202 g/mol. The van der Waals surface area contributed by atoms with Crippen molar-refractivity contribution in [2.24, 2.45) is 16.6 Å². The van der Waals surface area contributed by atoms with Crippen molar-refractivity contribution in [2.75, 3.05) is 6.54 Å². The summed E-state index contributed by atoms with van der Waals surface area (Å²) in [6, 6.07) is 0. The number of nitrogens with zero attached hydrogens (tertiary/aromatic N) is 1. The topological polar surface area (TPSA) is 113 Å². The maximum absolute atomic E-state index is 10.6. The molecule has 0 bridgehead atoms. The van der Waals surface area contributed by atoms with Gasteiger partial charge in [0.15, 0.2) is 0 Å². The highest BCUT2D eigenvalue weighted by Crippen LogP contribution is 2.08. The number of carboxylic acid groups (broad SMARTS) is 2. The van der Waals surface area contributed by atoms with Gasteiger partial charge in [0.25, 0.3) is 0 Å². The highest BCUT2D eigenvalue weighted by molar-refractivity contribution is 5.78. The molecule has 0 unspecified atom stereocenters. The van der Waals surface area contributed by atoms with Gasteiger partial charge in [0.2, 0.25) is 0 Å². The second kappa shape index (κ2) is 5.95. The Kier molecular flexibility index (Phi) is 5.28. The Balaban J connectivity index is 4.04. The number of carboxylic acids is 2. The van der Waals surface area contributed by atoms with E-state index in [2.05, 4.69) is 4.99 Å². The molecule has 14 heavy (non-hydrogen) atoms. The zero-order chi connectivity index (χ0) is 11.1. The molecule has 0 aliphatic rings. The molecule has 0 aromatic rings. The van der Waals surface area contributed by atoms with Crippen LogP contribution in [-0.2, 0) is 9.59 Å². The lowest BCUT2D eigenvalue weighted by Gasteiger charge is -2.07. The zero-order valence-corrected chi connectivity index (χ0v) is 7.93. The van der Waals surface area contributed by atoms with E-state index in [9.17, 15) is 9.59 Å². The van der Waals surface area contributed by atoms with Crippen LogP contribution >= 0.6 is 0 Å². The number of nitrogens with two attached hydrogens (primary N) is 1. The molecule has 0 radical (unpaired) electrons. The average Bonchev–Trinajstić information content (AvgIpc) is 2.00. The SMILES string of the molecule is CC(N)=NCC[C@@H](CC(=O)O)C(=O)O. The predicted octanol–water partition coefficient (Wildman–Crippen LogP) is -0.0709. The Labute approximate surface area is 81.4 Å². The molecule has 6 nitrogen and oxygen atoms in total. The van der Waals surface area contributed by atoms with Gasteiger partial charge in [0.05, 0.1) is 18.2 Å². The Bertz CT molecular complexity index is 246.